The van der Waals surface area contributed by atoms with E-state index in [1.807, 2.05) is 12.1 Å². The quantitative estimate of drug-likeness (QED) is 0.437. The van der Waals surface area contributed by atoms with E-state index in [1.165, 1.54) is 0 Å². The number of phenolic OH excluding ortho intramolecular Hbond substituents is 1. The molecule has 1 aromatic carbocycles. The van der Waals surface area contributed by atoms with Gasteiger partial charge in [0.25, 0.3) is 0 Å². The molecular weight excluding hydrogens is 483 g/mol. The van der Waals surface area contributed by atoms with Crippen molar-refractivity contribution < 1.29 is 40.1 Å². The Hall–Kier alpha value is -0.173. The second-order valence-electron chi connectivity index (χ2n) is 10.4. The van der Waals surface area contributed by atoms with E-state index in [1.54, 1.807) is 27.4 Å². The van der Waals surface area contributed by atoms with Gasteiger partial charge in [0.15, 0.2) is 12.0 Å². The summed E-state index contributed by atoms with van der Waals surface area (Å²) in [6.45, 7) is 20.8. The van der Waals surface area contributed by atoms with E-state index in [9.17, 15) is 5.11 Å². The largest absolute Gasteiger partial charge is 1.00 e. The van der Waals surface area contributed by atoms with Gasteiger partial charge in [0.2, 0.25) is 0 Å². The number of benzene rings is 1. The molecule has 0 spiro atoms. The van der Waals surface area contributed by atoms with Crippen LogP contribution in [0.15, 0.2) is 18.2 Å². The number of hydrogen-bond acceptors (Lipinski definition) is 5. The molecule has 0 aliphatic heterocycles. The molecule has 0 heterocycles. The lowest BCUT2D eigenvalue weighted by Crippen LogP contribution is -3.00. The molecule has 0 amide bonds. The van der Waals surface area contributed by atoms with Gasteiger partial charge in [-0.2, -0.15) is 0 Å². The molecule has 0 fully saturated rings. The number of halogens is 1. The molecule has 5 nitrogen and oxygen atoms in total. The molecule has 8 heteroatoms. The van der Waals surface area contributed by atoms with Crippen molar-refractivity contribution in [2.24, 2.45) is 0 Å². The number of aromatic hydroxyl groups is 1. The summed E-state index contributed by atoms with van der Waals surface area (Å²) in [5, 5.41) is 11.5. The Kier molecular flexibility index (Phi) is 10.1. The van der Waals surface area contributed by atoms with Gasteiger partial charge in [-0.05, 0) is 74.4 Å². The van der Waals surface area contributed by atoms with E-state index in [-0.39, 0.29) is 44.4 Å². The maximum Gasteiger partial charge on any atom is 0.539 e. The Bertz CT molecular complexity index is 644. The standard InChI is InChI=1S/C22H41O5PSi.BrH/c1-20(2,3)28(21(4,5)6,22(7,8)9)19-15-17(23)13-14-18(19)27-16-29(24-10,25-11)26-12;/h13-15H,16H2,1-12H3;1H. The lowest BCUT2D eigenvalue weighted by Gasteiger charge is -2.54. The van der Waals surface area contributed by atoms with Crippen molar-refractivity contribution >= 4 is 21.4 Å². The third-order valence-electron chi connectivity index (χ3n) is 5.66. The minimum absolute atomic E-state index is 0. The lowest BCUT2D eigenvalue weighted by atomic mass is 10.2. The molecule has 0 aromatic heterocycles. The molecule has 0 aliphatic carbocycles. The van der Waals surface area contributed by atoms with Crippen LogP contribution < -0.4 is 27.0 Å². The van der Waals surface area contributed by atoms with Crippen molar-refractivity contribution in [3.8, 4) is 11.5 Å². The minimum atomic E-state index is -2.91. The molecule has 0 radical (unpaired) electrons. The van der Waals surface area contributed by atoms with Crippen LogP contribution in [0.4, 0.5) is 0 Å². The second-order valence-corrected chi connectivity index (χ2v) is 19.1. The highest BCUT2D eigenvalue weighted by molar-refractivity contribution is 7.87. The average Bonchev–Trinajstić information content (AvgIpc) is 2.54. The smallest absolute Gasteiger partial charge is 0.539 e. The Labute approximate surface area is 196 Å². The van der Waals surface area contributed by atoms with Gasteiger partial charge in [-0.1, -0.05) is 0 Å². The Morgan fingerprint density at radius 1 is 0.800 bits per heavy atom. The third kappa shape index (κ3) is 5.41. The van der Waals surface area contributed by atoms with Gasteiger partial charge in [0.05, 0.1) is 22.7 Å². The molecule has 0 aliphatic rings. The fourth-order valence-electron chi connectivity index (χ4n) is 5.59. The lowest BCUT2D eigenvalue weighted by molar-refractivity contribution is -0.0000127. The number of phenols is 1. The highest BCUT2D eigenvalue weighted by atomic mass is 79.9. The van der Waals surface area contributed by atoms with E-state index >= 15 is 0 Å². The summed E-state index contributed by atoms with van der Waals surface area (Å²) in [6.07, 6.45) is 0.201. The van der Waals surface area contributed by atoms with Crippen LogP contribution in [0.1, 0.15) is 62.3 Å². The highest BCUT2D eigenvalue weighted by Gasteiger charge is 2.67. The average molecular weight is 526 g/mol. The molecular formula is C22H42BrO5PSi. The first-order valence-corrected chi connectivity index (χ1v) is 13.8. The van der Waals surface area contributed by atoms with Crippen LogP contribution in [0.5, 0.6) is 11.5 Å². The zero-order valence-electron chi connectivity index (χ0n) is 20.8. The van der Waals surface area contributed by atoms with E-state index in [2.05, 4.69) is 62.3 Å². The molecule has 0 saturated heterocycles. The third-order valence-corrected chi connectivity index (χ3v) is 15.1. The van der Waals surface area contributed by atoms with Crippen LogP contribution in [0.2, 0.25) is 0 Å². The highest BCUT2D eigenvalue weighted by Crippen LogP contribution is 2.83. The van der Waals surface area contributed by atoms with Gasteiger partial charge in [-0.15, -0.1) is 0 Å². The first-order valence-electron chi connectivity index (χ1n) is 10.0. The number of rotatable bonds is 7. The summed E-state index contributed by atoms with van der Waals surface area (Å²) >= 11 is 0. The van der Waals surface area contributed by atoms with Crippen LogP contribution in [-0.2, 0) is 13.3 Å². The molecule has 0 atom stereocenters. The van der Waals surface area contributed by atoms with Crippen LogP contribution in [-0.4, -0.2) is 56.9 Å². The number of hydrogen-bond donors (Lipinski definition) is 1. The summed E-state index contributed by atoms with van der Waals surface area (Å²) in [4.78, 5) is 0. The van der Waals surface area contributed by atoms with Crippen LogP contribution in [0, 0.1) is 0 Å². The molecule has 176 valence electrons. The molecule has 1 aromatic rings. The molecule has 0 bridgehead atoms. The van der Waals surface area contributed by atoms with Crippen molar-refractivity contribution in [1.29, 1.82) is 0 Å². The Morgan fingerprint density at radius 2 is 1.20 bits per heavy atom. The van der Waals surface area contributed by atoms with E-state index in [0.717, 1.165) is 11.1 Å². The molecule has 30 heavy (non-hydrogen) atoms. The minimum Gasteiger partial charge on any atom is -1.00 e. The topological polar surface area (TPSA) is 57.2 Å². The maximum atomic E-state index is 10.5. The van der Waals surface area contributed by atoms with Gasteiger partial charge in [0, 0.05) is 27.4 Å². The second kappa shape index (κ2) is 10.2. The molecule has 0 unspecified atom stereocenters. The molecule has 1 rings (SSSR count). The summed E-state index contributed by atoms with van der Waals surface area (Å²) in [5.74, 6) is 1.02. The monoisotopic (exact) mass is 524 g/mol. The zero-order valence-corrected chi connectivity index (χ0v) is 24.3. The van der Waals surface area contributed by atoms with E-state index in [0.29, 0.717) is 0 Å². The van der Waals surface area contributed by atoms with E-state index < -0.39 is 16.1 Å². The first-order chi connectivity index (χ1) is 13.0. The Balaban J connectivity index is 0.00000841. The fraction of sp³-hybridized carbons (Fsp3) is 0.727. The summed E-state index contributed by atoms with van der Waals surface area (Å²) in [5.41, 5.74) is 0. The Morgan fingerprint density at radius 3 is 1.53 bits per heavy atom. The number of ether oxygens (including phenoxy) is 1. The van der Waals surface area contributed by atoms with Gasteiger partial charge in [-0.3, -0.25) is 0 Å². The fourth-order valence-corrected chi connectivity index (χ4v) is 15.8. The van der Waals surface area contributed by atoms with Crippen molar-refractivity contribution in [3.05, 3.63) is 18.2 Å². The van der Waals surface area contributed by atoms with Crippen molar-refractivity contribution in [3.63, 3.8) is 0 Å². The predicted octanol–water partition coefficient (Wildman–Crippen LogP) is 2.23. The van der Waals surface area contributed by atoms with Gasteiger partial charge in [0.1, 0.15) is 11.1 Å². The summed E-state index contributed by atoms with van der Waals surface area (Å²) in [6, 6.07) is 5.44. The molecule has 1 N–H and O–H groups in total. The maximum absolute atomic E-state index is 10.5. The van der Waals surface area contributed by atoms with Crippen molar-refractivity contribution in [1.82, 2.24) is 0 Å². The van der Waals surface area contributed by atoms with Crippen LogP contribution in [0.3, 0.4) is 0 Å². The zero-order chi connectivity index (χ0) is 22.9. The normalized spacial score (nSPS) is 13.7. The van der Waals surface area contributed by atoms with E-state index in [4.69, 9.17) is 18.0 Å². The van der Waals surface area contributed by atoms with Crippen molar-refractivity contribution in [2.75, 3.05) is 27.6 Å². The van der Waals surface area contributed by atoms with Crippen LogP contribution in [0.25, 0.3) is 0 Å². The van der Waals surface area contributed by atoms with Crippen molar-refractivity contribution in [2.45, 2.75) is 77.8 Å². The summed E-state index contributed by atoms with van der Waals surface area (Å²) in [7, 11) is -0.129. The first kappa shape index (κ1) is 29.8. The molecule has 0 saturated carbocycles. The SMILES string of the molecule is CO[Si](COc1ccc(O)cc1[P+](C(C)(C)C)(C(C)(C)C)C(C)(C)C)(OC)OC.[Br-]. The van der Waals surface area contributed by atoms with Gasteiger partial charge < -0.3 is 40.1 Å². The summed E-state index contributed by atoms with van der Waals surface area (Å²) < 4.78 is 22.9. The van der Waals surface area contributed by atoms with Gasteiger partial charge in [-0.25, -0.2) is 0 Å². The van der Waals surface area contributed by atoms with Gasteiger partial charge >= 0.3 is 8.80 Å². The van der Waals surface area contributed by atoms with Crippen LogP contribution >= 0.6 is 7.26 Å². The predicted molar refractivity (Wildman–Crippen MR) is 126 cm³/mol.